The summed E-state index contributed by atoms with van der Waals surface area (Å²) >= 11 is 0. The molecule has 0 radical (unpaired) electrons. The van der Waals surface area contributed by atoms with Gasteiger partial charge in [-0.05, 0) is 55.8 Å². The van der Waals surface area contributed by atoms with Gasteiger partial charge in [0, 0.05) is 11.3 Å². The van der Waals surface area contributed by atoms with E-state index in [1.165, 1.54) is 0 Å². The van der Waals surface area contributed by atoms with Crippen LogP contribution >= 0.6 is 0 Å². The van der Waals surface area contributed by atoms with Gasteiger partial charge < -0.3 is 5.32 Å². The van der Waals surface area contributed by atoms with E-state index in [9.17, 15) is 9.59 Å². The van der Waals surface area contributed by atoms with Crippen LogP contribution in [-0.2, 0) is 0 Å². The van der Waals surface area contributed by atoms with Crippen molar-refractivity contribution in [2.45, 2.75) is 13.8 Å². The van der Waals surface area contributed by atoms with E-state index >= 15 is 0 Å². The highest BCUT2D eigenvalue weighted by atomic mass is 16.2. The van der Waals surface area contributed by atoms with Gasteiger partial charge in [-0.1, -0.05) is 36.4 Å². The van der Waals surface area contributed by atoms with Gasteiger partial charge in [0.05, 0.1) is 16.6 Å². The van der Waals surface area contributed by atoms with Gasteiger partial charge in [-0.3, -0.25) is 14.2 Å². The number of nitrogens with one attached hydrogen (secondary N) is 1. The number of rotatable bonds is 1. The van der Waals surface area contributed by atoms with Gasteiger partial charge in [-0.2, -0.15) is 0 Å². The summed E-state index contributed by atoms with van der Waals surface area (Å²) in [5, 5.41) is 3.33. The summed E-state index contributed by atoms with van der Waals surface area (Å²) in [5.74, 6) is 0.716. The summed E-state index contributed by atoms with van der Waals surface area (Å²) < 4.78 is 1.68. The standard InChI is InChI=1S/C16H14N2O.C7H5NO/c1-11-7-3-6-10-15(11)18-12(2)17-14-9-5-4-8-13(14)16(18)19;9-7-5-2-1-3-6(4-5)8-7/h3-10H,1-2H3;1-4H,(H,8,9). The minimum absolute atomic E-state index is 0.00926. The van der Waals surface area contributed by atoms with Crippen LogP contribution in [0.1, 0.15) is 21.7 Å². The van der Waals surface area contributed by atoms with E-state index in [-0.39, 0.29) is 11.5 Å². The second kappa shape index (κ2) is 7.12. The molecule has 4 aromatic rings. The van der Waals surface area contributed by atoms with Crippen LogP contribution < -0.4 is 10.9 Å². The summed E-state index contributed by atoms with van der Waals surface area (Å²) in [6.45, 7) is 3.86. The van der Waals surface area contributed by atoms with Crippen LogP contribution in [0.25, 0.3) is 16.6 Å². The quantitative estimate of drug-likeness (QED) is 0.545. The number of aryl methyl sites for hydroxylation is 2. The highest BCUT2D eigenvalue weighted by molar-refractivity contribution is 6.09. The van der Waals surface area contributed by atoms with E-state index in [1.807, 2.05) is 80.6 Å². The molecule has 28 heavy (non-hydrogen) atoms. The molecule has 1 aliphatic rings. The van der Waals surface area contributed by atoms with Crippen molar-refractivity contribution >= 4 is 22.5 Å². The summed E-state index contributed by atoms with van der Waals surface area (Å²) in [4.78, 5) is 27.9. The van der Waals surface area contributed by atoms with Gasteiger partial charge in [-0.25, -0.2) is 4.98 Å². The number of benzene rings is 3. The SMILES string of the molecule is Cc1ccccc1-n1c(C)nc2ccccc2c1=O.O=C1Nc2cccc1c2. The van der Waals surface area contributed by atoms with Crippen LogP contribution in [0.4, 0.5) is 5.69 Å². The Bertz CT molecular complexity index is 1260. The van der Waals surface area contributed by atoms with E-state index in [1.54, 1.807) is 10.6 Å². The van der Waals surface area contributed by atoms with E-state index in [0.29, 0.717) is 11.2 Å². The molecule has 0 saturated heterocycles. The van der Waals surface area contributed by atoms with Crippen molar-refractivity contribution in [3.05, 3.63) is 100 Å². The molecule has 0 unspecified atom stereocenters. The maximum atomic E-state index is 12.6. The molecule has 1 aliphatic heterocycles. The molecule has 5 heteroatoms. The molecule has 1 aromatic heterocycles. The third-order valence-electron chi connectivity index (χ3n) is 4.68. The molecule has 2 heterocycles. The molecule has 5 nitrogen and oxygen atoms in total. The number of aromatic nitrogens is 2. The molecule has 2 bridgehead atoms. The van der Waals surface area contributed by atoms with Gasteiger partial charge in [0.1, 0.15) is 5.82 Å². The van der Waals surface area contributed by atoms with Crippen molar-refractivity contribution in [1.29, 1.82) is 0 Å². The Hall–Kier alpha value is -3.73. The number of nitrogens with zero attached hydrogens (tertiary/aromatic N) is 2. The zero-order valence-electron chi connectivity index (χ0n) is 15.6. The average molecular weight is 369 g/mol. The Morgan fingerprint density at radius 1 is 0.857 bits per heavy atom. The Morgan fingerprint density at radius 3 is 2.36 bits per heavy atom. The van der Waals surface area contributed by atoms with Crippen molar-refractivity contribution < 1.29 is 4.79 Å². The molecule has 138 valence electrons. The lowest BCUT2D eigenvalue weighted by molar-refractivity contribution is 0.103. The fourth-order valence-electron chi connectivity index (χ4n) is 3.28. The van der Waals surface area contributed by atoms with Crippen LogP contribution in [0.15, 0.2) is 77.6 Å². The van der Waals surface area contributed by atoms with Crippen LogP contribution in [0.3, 0.4) is 0 Å². The molecule has 5 rings (SSSR count). The molecular weight excluding hydrogens is 350 g/mol. The third-order valence-corrected chi connectivity index (χ3v) is 4.68. The van der Waals surface area contributed by atoms with Crippen molar-refractivity contribution in [3.8, 4) is 5.69 Å². The first-order valence-electron chi connectivity index (χ1n) is 9.00. The number of amides is 1. The van der Waals surface area contributed by atoms with Gasteiger partial charge in [0.2, 0.25) is 0 Å². The van der Waals surface area contributed by atoms with Gasteiger partial charge in [-0.15, -0.1) is 0 Å². The normalized spacial score (nSPS) is 11.7. The smallest absolute Gasteiger partial charge is 0.265 e. The van der Waals surface area contributed by atoms with E-state index in [0.717, 1.165) is 28.0 Å². The lowest BCUT2D eigenvalue weighted by atomic mass is 10.2. The number of carbonyl (C=O) groups is 1. The Kier molecular flexibility index (Phi) is 4.49. The predicted molar refractivity (Wildman–Crippen MR) is 111 cm³/mol. The summed E-state index contributed by atoms with van der Waals surface area (Å²) in [7, 11) is 0. The number of hydrogen-bond acceptors (Lipinski definition) is 3. The minimum atomic E-state index is -0.0163. The van der Waals surface area contributed by atoms with Gasteiger partial charge in [0.25, 0.3) is 11.5 Å². The summed E-state index contributed by atoms with van der Waals surface area (Å²) in [5.41, 5.74) is 4.34. The molecule has 0 saturated carbocycles. The minimum Gasteiger partial charge on any atom is -0.322 e. The monoisotopic (exact) mass is 369 g/mol. The third kappa shape index (κ3) is 3.18. The Balaban J connectivity index is 0.000000177. The second-order valence-electron chi connectivity index (χ2n) is 6.64. The van der Waals surface area contributed by atoms with Crippen LogP contribution in [0.2, 0.25) is 0 Å². The van der Waals surface area contributed by atoms with Gasteiger partial charge >= 0.3 is 0 Å². The van der Waals surface area contributed by atoms with Crippen molar-refractivity contribution in [2.75, 3.05) is 5.32 Å². The van der Waals surface area contributed by atoms with E-state index in [2.05, 4.69) is 10.3 Å². The lowest BCUT2D eigenvalue weighted by Crippen LogP contribution is -2.22. The fraction of sp³-hybridized carbons (Fsp3) is 0.0870. The summed E-state index contributed by atoms with van der Waals surface area (Å²) in [6, 6.07) is 22.7. The van der Waals surface area contributed by atoms with Crippen molar-refractivity contribution in [3.63, 3.8) is 0 Å². The fourth-order valence-corrected chi connectivity index (χ4v) is 3.28. The molecule has 0 fully saturated rings. The van der Waals surface area contributed by atoms with Gasteiger partial charge in [0.15, 0.2) is 0 Å². The topological polar surface area (TPSA) is 64.0 Å². The Morgan fingerprint density at radius 2 is 1.61 bits per heavy atom. The predicted octanol–water partition coefficient (Wildman–Crippen LogP) is 4.25. The number of hydrogen-bond donors (Lipinski definition) is 1. The second-order valence-corrected chi connectivity index (χ2v) is 6.64. The summed E-state index contributed by atoms with van der Waals surface area (Å²) in [6.07, 6.45) is 0. The average Bonchev–Trinajstić information content (AvgIpc) is 2.95. The number of carbonyl (C=O) groups excluding carboxylic acids is 1. The number of para-hydroxylation sites is 2. The first kappa shape index (κ1) is 17.7. The highest BCUT2D eigenvalue weighted by Crippen LogP contribution is 2.18. The molecular formula is C23H19N3O2. The van der Waals surface area contributed by atoms with Crippen molar-refractivity contribution in [2.24, 2.45) is 0 Å². The van der Waals surface area contributed by atoms with E-state index in [4.69, 9.17) is 0 Å². The zero-order valence-corrected chi connectivity index (χ0v) is 15.6. The van der Waals surface area contributed by atoms with Crippen LogP contribution in [-0.4, -0.2) is 15.5 Å². The van der Waals surface area contributed by atoms with Crippen LogP contribution in [0.5, 0.6) is 0 Å². The molecule has 0 spiro atoms. The maximum absolute atomic E-state index is 12.6. The number of fused-ring (bicyclic) bond motifs is 3. The lowest BCUT2D eigenvalue weighted by Gasteiger charge is -2.12. The molecule has 0 aliphatic carbocycles. The maximum Gasteiger partial charge on any atom is 0.265 e. The van der Waals surface area contributed by atoms with Crippen LogP contribution in [0, 0.1) is 13.8 Å². The largest absolute Gasteiger partial charge is 0.322 e. The zero-order chi connectivity index (χ0) is 19.7. The molecule has 1 N–H and O–H groups in total. The molecule has 1 amide bonds. The highest BCUT2D eigenvalue weighted by Gasteiger charge is 2.12. The molecule has 0 atom stereocenters. The first-order chi connectivity index (χ1) is 13.5. The van der Waals surface area contributed by atoms with Crippen molar-refractivity contribution in [1.82, 2.24) is 9.55 Å². The van der Waals surface area contributed by atoms with E-state index < -0.39 is 0 Å². The number of anilines is 1. The Labute approximate surface area is 162 Å². The first-order valence-corrected chi connectivity index (χ1v) is 9.00. The molecule has 3 aromatic carbocycles.